The van der Waals surface area contributed by atoms with E-state index in [0.717, 1.165) is 61.9 Å². The van der Waals surface area contributed by atoms with Crippen LogP contribution in [0.2, 0.25) is 0 Å². The van der Waals surface area contributed by atoms with Crippen molar-refractivity contribution in [2.75, 3.05) is 31.5 Å². The van der Waals surface area contributed by atoms with E-state index >= 15 is 0 Å². The monoisotopic (exact) mass is 543 g/mol. The van der Waals surface area contributed by atoms with Gasteiger partial charge in [0.2, 0.25) is 0 Å². The second kappa shape index (κ2) is 10.8. The predicted molar refractivity (Wildman–Crippen MR) is 139 cm³/mol. The SMILES string of the molecule is O=C(C[N+]12CCC(CC1)[C@@H](OC(=O)C1(c3cccs3)CCCCCC1)C2)Nc1noc2ccccc12.[Cl-]. The quantitative estimate of drug-likeness (QED) is 0.293. The van der Waals surface area contributed by atoms with Gasteiger partial charge in [-0.3, -0.25) is 9.59 Å². The molecule has 5 heterocycles. The maximum atomic E-state index is 13.9. The highest BCUT2D eigenvalue weighted by atomic mass is 35.5. The second-order valence-corrected chi connectivity index (χ2v) is 11.9. The molecule has 37 heavy (non-hydrogen) atoms. The van der Waals surface area contributed by atoms with E-state index in [0.29, 0.717) is 34.9 Å². The van der Waals surface area contributed by atoms with E-state index in [4.69, 9.17) is 9.26 Å². The highest BCUT2D eigenvalue weighted by molar-refractivity contribution is 7.10. The fourth-order valence-electron chi connectivity index (χ4n) is 6.71. The average Bonchev–Trinajstić information content (AvgIpc) is 3.50. The predicted octanol–water partition coefficient (Wildman–Crippen LogP) is 2.28. The van der Waals surface area contributed by atoms with Crippen molar-refractivity contribution in [2.45, 2.75) is 62.9 Å². The number of ether oxygens (including phenoxy) is 1. The van der Waals surface area contributed by atoms with Crippen LogP contribution >= 0.6 is 11.3 Å². The van der Waals surface area contributed by atoms with Gasteiger partial charge < -0.3 is 31.5 Å². The Morgan fingerprint density at radius 3 is 2.57 bits per heavy atom. The number of carbonyl (C=O) groups is 2. The van der Waals surface area contributed by atoms with Crippen molar-refractivity contribution in [1.82, 2.24) is 5.16 Å². The number of benzene rings is 1. The summed E-state index contributed by atoms with van der Waals surface area (Å²) in [4.78, 5) is 28.1. The van der Waals surface area contributed by atoms with Crippen molar-refractivity contribution in [1.29, 1.82) is 0 Å². The Morgan fingerprint density at radius 2 is 1.84 bits per heavy atom. The van der Waals surface area contributed by atoms with Crippen LogP contribution in [0.5, 0.6) is 0 Å². The van der Waals surface area contributed by atoms with Crippen molar-refractivity contribution in [3.05, 3.63) is 46.7 Å². The average molecular weight is 544 g/mol. The molecule has 1 aliphatic carbocycles. The summed E-state index contributed by atoms with van der Waals surface area (Å²) >= 11 is 1.68. The molecule has 9 heteroatoms. The Bertz CT molecular complexity index is 1230. The number of esters is 1. The van der Waals surface area contributed by atoms with E-state index in [1.54, 1.807) is 11.3 Å². The first-order valence-corrected chi connectivity index (χ1v) is 14.2. The first kappa shape index (κ1) is 26.2. The molecule has 1 aromatic carbocycles. The van der Waals surface area contributed by atoms with Gasteiger partial charge in [0.1, 0.15) is 12.0 Å². The number of halogens is 1. The molecular formula is C28H34ClN3O4S. The van der Waals surface area contributed by atoms with Crippen LogP contribution in [0.25, 0.3) is 11.0 Å². The topological polar surface area (TPSA) is 81.4 Å². The molecule has 7 rings (SSSR count). The van der Waals surface area contributed by atoms with E-state index in [1.165, 1.54) is 12.8 Å². The number of carbonyl (C=O) groups excluding carboxylic acids is 2. The first-order valence-electron chi connectivity index (χ1n) is 13.3. The van der Waals surface area contributed by atoms with Gasteiger partial charge in [-0.25, -0.2) is 0 Å². The van der Waals surface area contributed by atoms with E-state index in [1.807, 2.05) is 30.3 Å². The fourth-order valence-corrected chi connectivity index (χ4v) is 7.69. The van der Waals surface area contributed by atoms with E-state index in [-0.39, 0.29) is 30.4 Å². The minimum Gasteiger partial charge on any atom is -1.00 e. The number of para-hydroxylation sites is 1. The molecule has 2 bridgehead atoms. The Kier molecular flexibility index (Phi) is 7.61. The molecule has 3 aromatic rings. The van der Waals surface area contributed by atoms with E-state index < -0.39 is 5.41 Å². The number of amides is 1. The minimum absolute atomic E-state index is 0. The normalized spacial score (nSPS) is 26.7. The lowest BCUT2D eigenvalue weighted by molar-refractivity contribution is -0.939. The van der Waals surface area contributed by atoms with Crippen LogP contribution in [0.1, 0.15) is 56.2 Å². The van der Waals surface area contributed by atoms with Gasteiger partial charge >= 0.3 is 5.97 Å². The molecule has 2 aromatic heterocycles. The number of rotatable bonds is 6. The van der Waals surface area contributed by atoms with Gasteiger partial charge in [0.25, 0.3) is 5.91 Å². The standard InChI is InChI=1S/C28H33N3O4S.ClH/c32-25(29-26-21-8-3-4-9-22(21)35-30-26)19-31-15-11-20(12-16-31)23(18-31)34-27(33)28(24-10-7-17-36-24)13-5-1-2-6-14-28;/h3-4,7-10,17,20,23H,1-2,5-6,11-16,18-19H2;1H/t20?,23-,31?;/m0./s1. The van der Waals surface area contributed by atoms with Crippen LogP contribution in [0, 0.1) is 5.92 Å². The summed E-state index contributed by atoms with van der Waals surface area (Å²) in [6.07, 6.45) is 8.10. The number of fused-ring (bicyclic) bond motifs is 4. The van der Waals surface area contributed by atoms with Crippen LogP contribution < -0.4 is 17.7 Å². The first-order chi connectivity index (χ1) is 17.6. The molecule has 1 atom stereocenters. The van der Waals surface area contributed by atoms with Gasteiger partial charge in [-0.1, -0.05) is 49.0 Å². The molecule has 4 aliphatic rings. The number of thiophene rings is 1. The smallest absolute Gasteiger partial charge is 0.317 e. The van der Waals surface area contributed by atoms with Gasteiger partial charge in [0.05, 0.1) is 18.5 Å². The third kappa shape index (κ3) is 5.03. The zero-order valence-corrected chi connectivity index (χ0v) is 22.6. The Labute approximate surface area is 227 Å². The van der Waals surface area contributed by atoms with Gasteiger partial charge in [-0.05, 0) is 36.4 Å². The lowest BCUT2D eigenvalue weighted by atomic mass is 9.78. The third-order valence-electron chi connectivity index (χ3n) is 8.75. The second-order valence-electron chi connectivity index (χ2n) is 11.0. The van der Waals surface area contributed by atoms with Crippen LogP contribution in [0.15, 0.2) is 46.3 Å². The third-order valence-corrected chi connectivity index (χ3v) is 9.83. The molecule has 1 N–H and O–H groups in total. The summed E-state index contributed by atoms with van der Waals surface area (Å²) in [6.45, 7) is 2.96. The molecule has 0 radical (unpaired) electrons. The van der Waals surface area contributed by atoms with Crippen molar-refractivity contribution in [3.63, 3.8) is 0 Å². The summed E-state index contributed by atoms with van der Waals surface area (Å²) in [6, 6.07) is 11.7. The lowest BCUT2D eigenvalue weighted by Gasteiger charge is -2.51. The molecule has 3 aliphatic heterocycles. The number of anilines is 1. The molecule has 3 saturated heterocycles. The molecule has 1 amide bonds. The number of hydrogen-bond acceptors (Lipinski definition) is 6. The molecule has 4 fully saturated rings. The number of hydrogen-bond donors (Lipinski definition) is 1. The molecule has 0 unspecified atom stereocenters. The summed E-state index contributed by atoms with van der Waals surface area (Å²) < 4.78 is 12.4. The molecular weight excluding hydrogens is 510 g/mol. The molecule has 7 nitrogen and oxygen atoms in total. The van der Waals surface area contributed by atoms with Gasteiger partial charge in [-0.2, -0.15) is 0 Å². The molecule has 1 saturated carbocycles. The van der Waals surface area contributed by atoms with Crippen LogP contribution in [0.4, 0.5) is 5.82 Å². The molecule has 0 spiro atoms. The van der Waals surface area contributed by atoms with Gasteiger partial charge in [0.15, 0.2) is 24.0 Å². The highest BCUT2D eigenvalue weighted by Crippen LogP contribution is 2.43. The van der Waals surface area contributed by atoms with Crippen molar-refractivity contribution in [3.8, 4) is 0 Å². The largest absolute Gasteiger partial charge is 1.00 e. The van der Waals surface area contributed by atoms with Crippen LogP contribution in [0.3, 0.4) is 0 Å². The summed E-state index contributed by atoms with van der Waals surface area (Å²) in [7, 11) is 0. The Balaban J connectivity index is 0.00000280. The zero-order valence-electron chi connectivity index (χ0n) is 21.0. The van der Waals surface area contributed by atoms with Gasteiger partial charge in [0, 0.05) is 23.6 Å². The van der Waals surface area contributed by atoms with Gasteiger partial charge in [-0.15, -0.1) is 11.3 Å². The zero-order chi connectivity index (χ0) is 24.6. The maximum Gasteiger partial charge on any atom is 0.317 e. The fraction of sp³-hybridized carbons (Fsp3) is 0.536. The highest BCUT2D eigenvalue weighted by Gasteiger charge is 2.51. The number of nitrogens with zero attached hydrogens (tertiary/aromatic N) is 2. The molecule has 198 valence electrons. The Hall–Kier alpha value is -2.42. The van der Waals surface area contributed by atoms with Crippen molar-refractivity contribution >= 4 is 40.0 Å². The number of aromatic nitrogens is 1. The minimum atomic E-state index is -0.507. The van der Waals surface area contributed by atoms with Crippen molar-refractivity contribution in [2.24, 2.45) is 5.92 Å². The van der Waals surface area contributed by atoms with E-state index in [9.17, 15) is 9.59 Å². The van der Waals surface area contributed by atoms with Crippen LogP contribution in [-0.4, -0.2) is 53.8 Å². The summed E-state index contributed by atoms with van der Waals surface area (Å²) in [5, 5.41) is 9.88. The summed E-state index contributed by atoms with van der Waals surface area (Å²) in [5.41, 5.74) is 0.149. The number of quaternary nitrogens is 1. The summed E-state index contributed by atoms with van der Waals surface area (Å²) in [5.74, 6) is 0.748. The van der Waals surface area contributed by atoms with E-state index in [2.05, 4.69) is 21.9 Å². The van der Waals surface area contributed by atoms with Crippen LogP contribution in [-0.2, 0) is 19.7 Å². The number of nitrogens with one attached hydrogen (secondary N) is 1. The maximum absolute atomic E-state index is 13.9. The number of piperidine rings is 3. The Morgan fingerprint density at radius 1 is 1.08 bits per heavy atom. The van der Waals surface area contributed by atoms with Crippen molar-refractivity contribution < 1.29 is 35.7 Å². The lowest BCUT2D eigenvalue weighted by Crippen LogP contribution is -3.00.